The normalized spacial score (nSPS) is 14.0. The molecule has 0 amide bonds. The van der Waals surface area contributed by atoms with Gasteiger partial charge < -0.3 is 25.2 Å². The molecule has 0 aromatic carbocycles. The molecule has 0 aromatic heterocycles. The highest BCUT2D eigenvalue weighted by Crippen LogP contribution is 2.43. The first-order valence-electron chi connectivity index (χ1n) is 20.2. The number of carboxylic acids is 1. The lowest BCUT2D eigenvalue weighted by molar-refractivity contribution is -0.161. The summed E-state index contributed by atoms with van der Waals surface area (Å²) < 4.78 is 32.6. The van der Waals surface area contributed by atoms with Gasteiger partial charge >= 0.3 is 25.7 Å². The zero-order valence-electron chi connectivity index (χ0n) is 32.2. The fourth-order valence-corrected chi connectivity index (χ4v) is 6.31. The topological polar surface area (TPSA) is 172 Å². The molecule has 0 saturated heterocycles. The van der Waals surface area contributed by atoms with Crippen molar-refractivity contribution in [3.63, 3.8) is 0 Å². The van der Waals surface area contributed by atoms with E-state index in [4.69, 9.17) is 24.8 Å². The van der Waals surface area contributed by atoms with E-state index >= 15 is 0 Å². The monoisotopic (exact) mass is 748 g/mol. The second-order valence-electron chi connectivity index (χ2n) is 13.8. The number of hydrogen-bond donors (Lipinski definition) is 3. The van der Waals surface area contributed by atoms with Crippen LogP contribution < -0.4 is 5.73 Å². The van der Waals surface area contributed by atoms with Crippen LogP contribution in [0.4, 0.5) is 0 Å². The molecule has 300 valence electrons. The summed E-state index contributed by atoms with van der Waals surface area (Å²) in [7, 11) is -4.70. The first kappa shape index (κ1) is 49.2. The minimum Gasteiger partial charge on any atom is -0.480 e. The van der Waals surface area contributed by atoms with Crippen LogP contribution in [0, 0.1) is 0 Å². The molecule has 0 spiro atoms. The molecule has 4 N–H and O–H groups in total. The lowest BCUT2D eigenvalue weighted by Crippen LogP contribution is -2.34. The maximum Gasteiger partial charge on any atom is 0.472 e. The van der Waals surface area contributed by atoms with Crippen molar-refractivity contribution in [1.82, 2.24) is 0 Å². The molecular weight excluding hydrogens is 673 g/mol. The van der Waals surface area contributed by atoms with E-state index in [0.29, 0.717) is 12.8 Å². The van der Waals surface area contributed by atoms with Crippen LogP contribution in [0.15, 0.2) is 12.2 Å². The number of nitrogens with two attached hydrogens (primary N) is 1. The highest BCUT2D eigenvalue weighted by atomic mass is 31.2. The van der Waals surface area contributed by atoms with E-state index in [2.05, 4.69) is 30.5 Å². The van der Waals surface area contributed by atoms with Crippen molar-refractivity contribution in [2.75, 3.05) is 19.8 Å². The summed E-state index contributed by atoms with van der Waals surface area (Å²) in [5, 5.41) is 8.86. The van der Waals surface area contributed by atoms with Gasteiger partial charge in [0.25, 0.3) is 0 Å². The summed E-state index contributed by atoms with van der Waals surface area (Å²) >= 11 is 0. The quantitative estimate of drug-likeness (QED) is 0.0237. The molecule has 0 aromatic rings. The summed E-state index contributed by atoms with van der Waals surface area (Å²) in [6.45, 7) is 2.78. The van der Waals surface area contributed by atoms with Crippen molar-refractivity contribution in [2.45, 2.75) is 199 Å². The fraction of sp³-hybridized carbons (Fsp3) is 0.872. The van der Waals surface area contributed by atoms with Crippen molar-refractivity contribution in [1.29, 1.82) is 0 Å². The number of aliphatic carboxylic acids is 1. The van der Waals surface area contributed by atoms with Crippen molar-refractivity contribution < 1.29 is 47.5 Å². The van der Waals surface area contributed by atoms with Crippen LogP contribution in [0.2, 0.25) is 0 Å². The van der Waals surface area contributed by atoms with E-state index in [1.807, 2.05) is 0 Å². The fourth-order valence-electron chi connectivity index (χ4n) is 5.53. The molecule has 51 heavy (non-hydrogen) atoms. The van der Waals surface area contributed by atoms with Gasteiger partial charge in [0.05, 0.1) is 13.2 Å². The van der Waals surface area contributed by atoms with Crippen LogP contribution in [0.3, 0.4) is 0 Å². The van der Waals surface area contributed by atoms with E-state index in [0.717, 1.165) is 44.9 Å². The van der Waals surface area contributed by atoms with Crippen LogP contribution in [-0.2, 0) is 37.5 Å². The number of carboxylic acid groups (broad SMARTS) is 1. The molecule has 0 fully saturated rings. The third-order valence-corrected chi connectivity index (χ3v) is 9.71. The standard InChI is InChI=1S/C39H74NO10P/c1-3-5-7-9-11-13-15-16-17-18-19-20-21-23-25-27-29-31-38(42)50-35(33-48-51(45,46)49-34-36(40)39(43)44)32-47-37(41)30-28-26-24-22-14-12-10-8-6-4-2/h16-17,35-36H,3-15,18-34,40H2,1-2H3,(H,43,44)(H,45,46)/b17-16-. The van der Waals surface area contributed by atoms with Gasteiger partial charge in [0.15, 0.2) is 6.10 Å². The second-order valence-corrected chi connectivity index (χ2v) is 15.2. The van der Waals surface area contributed by atoms with Crippen molar-refractivity contribution in [3.05, 3.63) is 12.2 Å². The van der Waals surface area contributed by atoms with E-state index in [1.165, 1.54) is 103 Å². The SMILES string of the molecule is CCCCCCCC/C=C\CCCCCCCCCC(=O)OC(COC(=O)CCCCCCCCCCCC)COP(=O)(O)OCC(N)C(=O)O. The van der Waals surface area contributed by atoms with E-state index < -0.39 is 51.1 Å². The summed E-state index contributed by atoms with van der Waals surface area (Å²) in [5.74, 6) is -2.38. The maximum absolute atomic E-state index is 12.6. The molecule has 0 aliphatic carbocycles. The number of phosphoric acid groups is 1. The molecule has 0 aliphatic heterocycles. The smallest absolute Gasteiger partial charge is 0.472 e. The molecule has 11 nitrogen and oxygen atoms in total. The van der Waals surface area contributed by atoms with Gasteiger partial charge in [-0.05, 0) is 38.5 Å². The molecule has 12 heteroatoms. The van der Waals surface area contributed by atoms with Gasteiger partial charge in [-0.1, -0.05) is 148 Å². The van der Waals surface area contributed by atoms with Gasteiger partial charge in [0, 0.05) is 12.8 Å². The zero-order valence-corrected chi connectivity index (χ0v) is 33.1. The minimum absolute atomic E-state index is 0.160. The Morgan fingerprint density at radius 3 is 1.43 bits per heavy atom. The molecule has 0 saturated carbocycles. The van der Waals surface area contributed by atoms with Crippen molar-refractivity contribution in [2.24, 2.45) is 5.73 Å². The third kappa shape index (κ3) is 35.0. The van der Waals surface area contributed by atoms with E-state index in [9.17, 15) is 23.8 Å². The Balaban J connectivity index is 4.37. The number of rotatable bonds is 38. The summed E-state index contributed by atoms with van der Waals surface area (Å²) in [4.78, 5) is 45.7. The van der Waals surface area contributed by atoms with Gasteiger partial charge in [-0.25, -0.2) is 4.57 Å². The summed E-state index contributed by atoms with van der Waals surface area (Å²) in [6.07, 6.45) is 32.8. The number of esters is 2. The average Bonchev–Trinajstić information content (AvgIpc) is 3.10. The molecule has 0 aliphatic rings. The Hall–Kier alpha value is -1.78. The Morgan fingerprint density at radius 1 is 0.588 bits per heavy atom. The summed E-state index contributed by atoms with van der Waals surface area (Å²) in [6, 6.07) is -1.52. The van der Waals surface area contributed by atoms with Crippen LogP contribution in [-0.4, -0.2) is 59.9 Å². The molecular formula is C39H74NO10P. The van der Waals surface area contributed by atoms with Gasteiger partial charge in [-0.15, -0.1) is 0 Å². The molecule has 3 atom stereocenters. The Bertz CT molecular complexity index is 932. The largest absolute Gasteiger partial charge is 0.480 e. The zero-order chi connectivity index (χ0) is 37.8. The Kier molecular flexibility index (Phi) is 34.0. The lowest BCUT2D eigenvalue weighted by atomic mass is 10.1. The molecule has 0 bridgehead atoms. The first-order chi connectivity index (χ1) is 24.6. The van der Waals surface area contributed by atoms with Crippen LogP contribution in [0.25, 0.3) is 0 Å². The average molecular weight is 748 g/mol. The highest BCUT2D eigenvalue weighted by molar-refractivity contribution is 7.47. The van der Waals surface area contributed by atoms with Gasteiger partial charge in [-0.3, -0.25) is 23.4 Å². The van der Waals surface area contributed by atoms with Gasteiger partial charge in [0.1, 0.15) is 12.6 Å². The summed E-state index contributed by atoms with van der Waals surface area (Å²) in [5.41, 5.74) is 5.32. The van der Waals surface area contributed by atoms with Crippen molar-refractivity contribution in [3.8, 4) is 0 Å². The second kappa shape index (κ2) is 35.3. The molecule has 0 heterocycles. The molecule has 3 unspecified atom stereocenters. The van der Waals surface area contributed by atoms with E-state index in [1.54, 1.807) is 0 Å². The molecule has 0 rings (SSSR count). The predicted octanol–water partition coefficient (Wildman–Crippen LogP) is 10.1. The minimum atomic E-state index is -4.70. The van der Waals surface area contributed by atoms with Gasteiger partial charge in [0.2, 0.25) is 0 Å². The number of carbonyl (C=O) groups is 3. The number of allylic oxidation sites excluding steroid dienone is 2. The maximum atomic E-state index is 12.6. The van der Waals surface area contributed by atoms with Crippen LogP contribution in [0.1, 0.15) is 187 Å². The van der Waals surface area contributed by atoms with Crippen molar-refractivity contribution >= 4 is 25.7 Å². The lowest BCUT2D eigenvalue weighted by Gasteiger charge is -2.20. The highest BCUT2D eigenvalue weighted by Gasteiger charge is 2.28. The third-order valence-electron chi connectivity index (χ3n) is 8.76. The van der Waals surface area contributed by atoms with Gasteiger partial charge in [-0.2, -0.15) is 0 Å². The number of ether oxygens (including phenoxy) is 2. The Morgan fingerprint density at radius 2 is 0.980 bits per heavy atom. The van der Waals surface area contributed by atoms with E-state index in [-0.39, 0.29) is 19.4 Å². The molecule has 0 radical (unpaired) electrons. The first-order valence-corrected chi connectivity index (χ1v) is 21.7. The number of hydrogen-bond acceptors (Lipinski definition) is 9. The predicted molar refractivity (Wildman–Crippen MR) is 203 cm³/mol. The van der Waals surface area contributed by atoms with Crippen LogP contribution in [0.5, 0.6) is 0 Å². The number of unbranched alkanes of at least 4 members (excludes halogenated alkanes) is 22. The number of carbonyl (C=O) groups excluding carboxylic acids is 2. The Labute approximate surface area is 309 Å². The van der Waals surface area contributed by atoms with Crippen LogP contribution >= 0.6 is 7.82 Å². The number of phosphoric ester groups is 1.